The summed E-state index contributed by atoms with van der Waals surface area (Å²) in [6, 6.07) is 0. The Hall–Kier alpha value is -0.880. The molecular formula is C6H11N3O2S. The third kappa shape index (κ3) is 1.64. The first-order chi connectivity index (χ1) is 5.60. The van der Waals surface area contributed by atoms with Crippen molar-refractivity contribution in [3.63, 3.8) is 0 Å². The second-order valence-corrected chi connectivity index (χ2v) is 4.11. The fourth-order valence-electron chi connectivity index (χ4n) is 0.770. The Balaban J connectivity index is 3.05. The van der Waals surface area contributed by atoms with Crippen LogP contribution in [0, 0.1) is 0 Å². The lowest BCUT2D eigenvalue weighted by atomic mass is 10.5. The average molecular weight is 189 g/mol. The number of rotatable bonds is 3. The van der Waals surface area contributed by atoms with Crippen LogP contribution >= 0.6 is 0 Å². The van der Waals surface area contributed by atoms with Crippen LogP contribution in [0.5, 0.6) is 0 Å². The van der Waals surface area contributed by atoms with Crippen LogP contribution in [0.4, 0.5) is 0 Å². The summed E-state index contributed by atoms with van der Waals surface area (Å²) in [6.07, 6.45) is 2.00. The Morgan fingerprint density at radius 1 is 1.67 bits per heavy atom. The Bertz CT molecular complexity index is 355. The zero-order valence-electron chi connectivity index (χ0n) is 6.96. The Labute approximate surface area is 71.3 Å². The molecule has 6 heteroatoms. The monoisotopic (exact) mass is 189 g/mol. The molecule has 0 spiro atoms. The first-order valence-corrected chi connectivity index (χ1v) is 5.06. The summed E-state index contributed by atoms with van der Waals surface area (Å²) in [5, 5.41) is 0.113. The average Bonchev–Trinajstić information content (AvgIpc) is 2.52. The van der Waals surface area contributed by atoms with Crippen molar-refractivity contribution >= 4 is 10.0 Å². The van der Waals surface area contributed by atoms with E-state index in [1.807, 2.05) is 6.92 Å². The van der Waals surface area contributed by atoms with E-state index < -0.39 is 10.0 Å². The summed E-state index contributed by atoms with van der Waals surface area (Å²) in [7, 11) is -1.99. The predicted octanol–water partition coefficient (Wildman–Crippen LogP) is -0.120. The molecule has 1 aromatic rings. The van der Waals surface area contributed by atoms with Crippen LogP contribution in [0.25, 0.3) is 0 Å². The van der Waals surface area contributed by atoms with Gasteiger partial charge >= 0.3 is 0 Å². The maximum atomic E-state index is 11.1. The number of nitrogens with zero attached hydrogens (tertiary/aromatic N) is 1. The normalized spacial score (nSPS) is 11.8. The van der Waals surface area contributed by atoms with Crippen molar-refractivity contribution in [2.24, 2.45) is 0 Å². The van der Waals surface area contributed by atoms with Gasteiger partial charge in [-0.3, -0.25) is 0 Å². The van der Waals surface area contributed by atoms with Gasteiger partial charge in [-0.25, -0.2) is 18.1 Å². The highest BCUT2D eigenvalue weighted by Gasteiger charge is 2.13. The molecule has 2 N–H and O–H groups in total. The fourth-order valence-corrected chi connectivity index (χ4v) is 1.43. The van der Waals surface area contributed by atoms with Crippen LogP contribution in [0.3, 0.4) is 0 Å². The van der Waals surface area contributed by atoms with Gasteiger partial charge < -0.3 is 4.98 Å². The van der Waals surface area contributed by atoms with Crippen LogP contribution in [0.1, 0.15) is 12.7 Å². The van der Waals surface area contributed by atoms with Crippen LogP contribution < -0.4 is 4.72 Å². The standard InChI is InChI=1S/C6H11N3O2S/c1-3-5-8-4-6(9-5)12(10,11)7-2/h4,7H,3H2,1-2H3,(H,8,9). The van der Waals surface area contributed by atoms with E-state index in [-0.39, 0.29) is 5.03 Å². The SMILES string of the molecule is CCc1ncc(S(=O)(=O)NC)[nH]1. The summed E-state index contributed by atoms with van der Waals surface area (Å²) >= 11 is 0. The van der Waals surface area contributed by atoms with E-state index in [4.69, 9.17) is 0 Å². The highest BCUT2D eigenvalue weighted by molar-refractivity contribution is 7.89. The van der Waals surface area contributed by atoms with Crippen molar-refractivity contribution in [2.45, 2.75) is 18.4 Å². The quantitative estimate of drug-likeness (QED) is 0.696. The number of imidazole rings is 1. The van der Waals surface area contributed by atoms with Crippen molar-refractivity contribution in [3.8, 4) is 0 Å². The number of H-pyrrole nitrogens is 1. The number of aromatic amines is 1. The van der Waals surface area contributed by atoms with Crippen LogP contribution in [-0.2, 0) is 16.4 Å². The van der Waals surface area contributed by atoms with Crippen molar-refractivity contribution < 1.29 is 8.42 Å². The Kier molecular flexibility index (Phi) is 2.49. The number of nitrogens with one attached hydrogen (secondary N) is 2. The van der Waals surface area contributed by atoms with Crippen molar-refractivity contribution in [3.05, 3.63) is 12.0 Å². The van der Waals surface area contributed by atoms with Crippen LogP contribution in [-0.4, -0.2) is 25.4 Å². The third-order valence-corrected chi connectivity index (χ3v) is 2.82. The Morgan fingerprint density at radius 2 is 2.33 bits per heavy atom. The number of aryl methyl sites for hydroxylation is 1. The first kappa shape index (κ1) is 9.21. The molecule has 0 saturated heterocycles. The summed E-state index contributed by atoms with van der Waals surface area (Å²) in [5.41, 5.74) is 0. The molecule has 0 radical (unpaired) electrons. The van der Waals surface area contributed by atoms with Gasteiger partial charge in [0, 0.05) is 6.42 Å². The number of aromatic nitrogens is 2. The molecule has 0 aliphatic carbocycles. The van der Waals surface area contributed by atoms with Gasteiger partial charge in [-0.1, -0.05) is 6.92 Å². The van der Waals surface area contributed by atoms with E-state index in [9.17, 15) is 8.42 Å². The molecule has 1 aromatic heterocycles. The summed E-state index contributed by atoms with van der Waals surface area (Å²) in [4.78, 5) is 6.57. The fraction of sp³-hybridized carbons (Fsp3) is 0.500. The molecule has 0 saturated carbocycles. The molecule has 0 aliphatic heterocycles. The van der Waals surface area contributed by atoms with Gasteiger partial charge in [0.2, 0.25) is 0 Å². The third-order valence-electron chi connectivity index (χ3n) is 1.50. The second-order valence-electron chi connectivity index (χ2n) is 2.26. The van der Waals surface area contributed by atoms with Gasteiger partial charge in [-0.15, -0.1) is 0 Å². The molecule has 0 unspecified atom stereocenters. The molecular weight excluding hydrogens is 178 g/mol. The van der Waals surface area contributed by atoms with Gasteiger partial charge in [0.15, 0.2) is 5.03 Å². The maximum Gasteiger partial charge on any atom is 0.257 e. The van der Waals surface area contributed by atoms with Gasteiger partial charge in [-0.05, 0) is 7.05 Å². The molecule has 0 fully saturated rings. The maximum absolute atomic E-state index is 11.1. The summed E-state index contributed by atoms with van der Waals surface area (Å²) in [6.45, 7) is 1.90. The lowest BCUT2D eigenvalue weighted by Gasteiger charge is -1.95. The van der Waals surface area contributed by atoms with Gasteiger partial charge in [0.1, 0.15) is 5.82 Å². The molecule has 0 bridgehead atoms. The highest BCUT2D eigenvalue weighted by Crippen LogP contribution is 2.04. The van der Waals surface area contributed by atoms with E-state index in [2.05, 4.69) is 14.7 Å². The van der Waals surface area contributed by atoms with E-state index in [1.54, 1.807) is 0 Å². The highest BCUT2D eigenvalue weighted by atomic mass is 32.2. The van der Waals surface area contributed by atoms with E-state index in [1.165, 1.54) is 13.2 Å². The second kappa shape index (κ2) is 3.24. The minimum Gasteiger partial charge on any atom is -0.332 e. The topological polar surface area (TPSA) is 74.8 Å². The zero-order valence-corrected chi connectivity index (χ0v) is 7.77. The van der Waals surface area contributed by atoms with Crippen molar-refractivity contribution in [1.82, 2.24) is 14.7 Å². The van der Waals surface area contributed by atoms with E-state index >= 15 is 0 Å². The Morgan fingerprint density at radius 3 is 2.75 bits per heavy atom. The van der Waals surface area contributed by atoms with E-state index in [0.29, 0.717) is 12.2 Å². The molecule has 0 atom stereocenters. The molecule has 0 aromatic carbocycles. The lowest BCUT2D eigenvalue weighted by Crippen LogP contribution is -2.18. The van der Waals surface area contributed by atoms with Crippen molar-refractivity contribution in [1.29, 1.82) is 0 Å². The largest absolute Gasteiger partial charge is 0.332 e. The van der Waals surface area contributed by atoms with Gasteiger partial charge in [0.05, 0.1) is 6.20 Å². The molecule has 5 nitrogen and oxygen atoms in total. The number of sulfonamides is 1. The minimum absolute atomic E-state index is 0.113. The summed E-state index contributed by atoms with van der Waals surface area (Å²) in [5.74, 6) is 0.670. The zero-order chi connectivity index (χ0) is 9.19. The van der Waals surface area contributed by atoms with Crippen LogP contribution in [0.2, 0.25) is 0 Å². The minimum atomic E-state index is -3.36. The van der Waals surface area contributed by atoms with Gasteiger partial charge in [0.25, 0.3) is 10.0 Å². The number of hydrogen-bond acceptors (Lipinski definition) is 3. The lowest BCUT2D eigenvalue weighted by molar-refractivity contribution is 0.585. The molecule has 1 rings (SSSR count). The molecule has 1 heterocycles. The van der Waals surface area contributed by atoms with E-state index in [0.717, 1.165) is 0 Å². The van der Waals surface area contributed by atoms with Gasteiger partial charge in [-0.2, -0.15) is 0 Å². The number of hydrogen-bond donors (Lipinski definition) is 2. The molecule has 68 valence electrons. The first-order valence-electron chi connectivity index (χ1n) is 3.57. The predicted molar refractivity (Wildman–Crippen MR) is 44.2 cm³/mol. The molecule has 12 heavy (non-hydrogen) atoms. The molecule has 0 aliphatic rings. The van der Waals surface area contributed by atoms with Crippen LogP contribution in [0.15, 0.2) is 11.2 Å². The molecule has 0 amide bonds. The van der Waals surface area contributed by atoms with Crippen molar-refractivity contribution in [2.75, 3.05) is 7.05 Å². The summed E-state index contributed by atoms with van der Waals surface area (Å²) < 4.78 is 24.5. The smallest absolute Gasteiger partial charge is 0.257 e.